The van der Waals surface area contributed by atoms with Crippen LogP contribution >= 0.6 is 0 Å². The van der Waals surface area contributed by atoms with Gasteiger partial charge in [0.15, 0.2) is 5.78 Å². The standard InChI is InChI=1S/C22H31NO2/c1-20(2)17-7-5-14-15-6-8-18(24)21(15,3)10-9-16(14)22(17,4)11-13(12-23)19(20)25/h11,14-18,24H,5-10H2,1-4H3/t14?,15?,16?,17?,18-,21-,22+/m0/s1. The highest BCUT2D eigenvalue weighted by Crippen LogP contribution is 2.67. The van der Waals surface area contributed by atoms with Crippen LogP contribution in [0.4, 0.5) is 0 Å². The average Bonchev–Trinajstić information content (AvgIpc) is 2.86. The number of Topliss-reactive ketones (excluding diaryl/α,β-unsaturated/α-hetero) is 1. The van der Waals surface area contributed by atoms with E-state index in [2.05, 4.69) is 39.8 Å². The summed E-state index contributed by atoms with van der Waals surface area (Å²) in [6.07, 6.45) is 8.39. The molecule has 3 heteroatoms. The molecule has 3 fully saturated rings. The molecule has 4 aliphatic carbocycles. The molecular weight excluding hydrogens is 310 g/mol. The van der Waals surface area contributed by atoms with Gasteiger partial charge in [-0.25, -0.2) is 0 Å². The summed E-state index contributed by atoms with van der Waals surface area (Å²) in [6.45, 7) is 8.71. The third-order valence-corrected chi connectivity index (χ3v) is 9.00. The minimum Gasteiger partial charge on any atom is -0.393 e. The van der Waals surface area contributed by atoms with E-state index in [1.54, 1.807) is 0 Å². The van der Waals surface area contributed by atoms with Crippen LogP contribution in [0.15, 0.2) is 11.6 Å². The molecule has 1 N–H and O–H groups in total. The van der Waals surface area contributed by atoms with Crippen LogP contribution in [0.5, 0.6) is 0 Å². The van der Waals surface area contributed by atoms with Gasteiger partial charge in [-0.2, -0.15) is 5.26 Å². The minimum atomic E-state index is -0.449. The molecule has 0 saturated heterocycles. The number of hydrogen-bond acceptors (Lipinski definition) is 3. The van der Waals surface area contributed by atoms with Crippen LogP contribution in [-0.4, -0.2) is 17.0 Å². The SMILES string of the molecule is CC1(C)C(=O)C(C#N)=C[C@]2(C)C3CC[C@@]4(C)C(CC[C@@H]4O)C3CCC12. The fraction of sp³-hybridized carbons (Fsp3) is 0.818. The van der Waals surface area contributed by atoms with Gasteiger partial charge in [0, 0.05) is 5.41 Å². The molecule has 7 atom stereocenters. The van der Waals surface area contributed by atoms with Crippen LogP contribution in [0.3, 0.4) is 0 Å². The van der Waals surface area contributed by atoms with E-state index in [0.29, 0.717) is 29.2 Å². The third kappa shape index (κ3) is 2.04. The highest BCUT2D eigenvalue weighted by atomic mass is 16.3. The van der Waals surface area contributed by atoms with Gasteiger partial charge in [-0.05, 0) is 73.0 Å². The van der Waals surface area contributed by atoms with Gasteiger partial charge < -0.3 is 5.11 Å². The molecule has 0 amide bonds. The second-order valence-corrected chi connectivity index (χ2v) is 10.2. The molecule has 0 heterocycles. The summed E-state index contributed by atoms with van der Waals surface area (Å²) in [5, 5.41) is 20.1. The average molecular weight is 341 g/mol. The molecule has 25 heavy (non-hydrogen) atoms. The van der Waals surface area contributed by atoms with Gasteiger partial charge in [0.1, 0.15) is 6.07 Å². The highest BCUT2D eigenvalue weighted by molar-refractivity contribution is 6.04. The fourth-order valence-electron chi connectivity index (χ4n) is 7.67. The van der Waals surface area contributed by atoms with E-state index in [1.165, 1.54) is 6.42 Å². The van der Waals surface area contributed by atoms with E-state index in [0.717, 1.165) is 32.1 Å². The Labute approximate surface area is 151 Å². The molecule has 0 spiro atoms. The van der Waals surface area contributed by atoms with Crippen molar-refractivity contribution in [2.75, 3.05) is 0 Å². The van der Waals surface area contributed by atoms with Crippen LogP contribution in [0.1, 0.15) is 66.2 Å². The lowest BCUT2D eigenvalue weighted by Crippen LogP contribution is -2.57. The second kappa shape index (κ2) is 5.19. The number of nitrogens with zero attached hydrogens (tertiary/aromatic N) is 1. The third-order valence-electron chi connectivity index (χ3n) is 9.00. The summed E-state index contributed by atoms with van der Waals surface area (Å²) in [5.41, 5.74) is -0.0637. The lowest BCUT2D eigenvalue weighted by atomic mass is 9.42. The Morgan fingerprint density at radius 2 is 1.80 bits per heavy atom. The number of aliphatic hydroxyl groups excluding tert-OH is 1. The highest BCUT2D eigenvalue weighted by Gasteiger charge is 2.63. The molecule has 0 aromatic carbocycles. The molecule has 0 bridgehead atoms. The zero-order valence-corrected chi connectivity index (χ0v) is 16.0. The number of rotatable bonds is 0. The van der Waals surface area contributed by atoms with Crippen LogP contribution in [0, 0.1) is 51.2 Å². The van der Waals surface area contributed by atoms with Crippen molar-refractivity contribution >= 4 is 5.78 Å². The number of fused-ring (bicyclic) bond motifs is 5. The first kappa shape index (κ1) is 17.3. The molecule has 4 unspecified atom stereocenters. The van der Waals surface area contributed by atoms with E-state index in [1.807, 2.05) is 0 Å². The molecule has 4 aliphatic rings. The number of allylic oxidation sites excluding steroid dienone is 2. The van der Waals surface area contributed by atoms with Crippen molar-refractivity contribution in [2.45, 2.75) is 72.3 Å². The van der Waals surface area contributed by atoms with Gasteiger partial charge in [-0.3, -0.25) is 4.79 Å². The Hall–Kier alpha value is -1.14. The summed E-state index contributed by atoms with van der Waals surface area (Å²) in [4.78, 5) is 12.8. The smallest absolute Gasteiger partial charge is 0.178 e. The van der Waals surface area contributed by atoms with E-state index >= 15 is 0 Å². The Morgan fingerprint density at radius 3 is 2.48 bits per heavy atom. The van der Waals surface area contributed by atoms with Crippen LogP contribution in [-0.2, 0) is 4.79 Å². The molecule has 0 aromatic rings. The van der Waals surface area contributed by atoms with E-state index in [4.69, 9.17) is 0 Å². The van der Waals surface area contributed by atoms with Crippen LogP contribution in [0.25, 0.3) is 0 Å². The van der Waals surface area contributed by atoms with Crippen molar-refractivity contribution < 1.29 is 9.90 Å². The predicted octanol–water partition coefficient (Wildman–Crippen LogP) is 4.26. The second-order valence-electron chi connectivity index (χ2n) is 10.2. The number of aliphatic hydroxyl groups is 1. The molecule has 0 radical (unpaired) electrons. The molecular formula is C22H31NO2. The van der Waals surface area contributed by atoms with Crippen molar-refractivity contribution in [3.63, 3.8) is 0 Å². The van der Waals surface area contributed by atoms with Crippen molar-refractivity contribution in [2.24, 2.45) is 39.9 Å². The summed E-state index contributed by atoms with van der Waals surface area (Å²) < 4.78 is 0. The maximum atomic E-state index is 12.8. The number of carbonyl (C=O) groups excluding carboxylic acids is 1. The zero-order chi connectivity index (χ0) is 18.2. The zero-order valence-electron chi connectivity index (χ0n) is 16.0. The first-order chi connectivity index (χ1) is 11.7. The van der Waals surface area contributed by atoms with Crippen LogP contribution in [0.2, 0.25) is 0 Å². The Bertz CT molecular complexity index is 687. The summed E-state index contributed by atoms with van der Waals surface area (Å²) in [7, 11) is 0. The topological polar surface area (TPSA) is 61.1 Å². The van der Waals surface area contributed by atoms with Crippen molar-refractivity contribution in [3.05, 3.63) is 11.6 Å². The number of nitriles is 1. The van der Waals surface area contributed by atoms with E-state index in [9.17, 15) is 15.2 Å². The number of carbonyl (C=O) groups is 1. The monoisotopic (exact) mass is 341 g/mol. The fourth-order valence-corrected chi connectivity index (χ4v) is 7.67. The van der Waals surface area contributed by atoms with Crippen LogP contribution < -0.4 is 0 Å². The van der Waals surface area contributed by atoms with Gasteiger partial charge in [0.2, 0.25) is 0 Å². The molecule has 0 aliphatic heterocycles. The Morgan fingerprint density at radius 1 is 1.08 bits per heavy atom. The molecule has 3 saturated carbocycles. The van der Waals surface area contributed by atoms with Crippen molar-refractivity contribution in [3.8, 4) is 6.07 Å². The van der Waals surface area contributed by atoms with E-state index in [-0.39, 0.29) is 22.7 Å². The molecule has 3 nitrogen and oxygen atoms in total. The first-order valence-electron chi connectivity index (χ1n) is 10.0. The molecule has 0 aromatic heterocycles. The molecule has 136 valence electrons. The predicted molar refractivity (Wildman–Crippen MR) is 96.4 cm³/mol. The lowest BCUT2D eigenvalue weighted by molar-refractivity contribution is -0.144. The van der Waals surface area contributed by atoms with Gasteiger partial charge in [-0.1, -0.05) is 33.8 Å². The Kier molecular flexibility index (Phi) is 3.59. The number of ketones is 1. The van der Waals surface area contributed by atoms with Gasteiger partial charge >= 0.3 is 0 Å². The largest absolute Gasteiger partial charge is 0.393 e. The van der Waals surface area contributed by atoms with Gasteiger partial charge in [0.05, 0.1) is 11.7 Å². The maximum Gasteiger partial charge on any atom is 0.178 e. The normalized spacial score (nSPS) is 51.0. The van der Waals surface area contributed by atoms with E-state index < -0.39 is 5.41 Å². The summed E-state index contributed by atoms with van der Waals surface area (Å²) >= 11 is 0. The minimum absolute atomic E-state index is 0.0351. The number of hydrogen-bond donors (Lipinski definition) is 1. The summed E-state index contributed by atoms with van der Waals surface area (Å²) in [6, 6.07) is 2.20. The summed E-state index contributed by atoms with van der Waals surface area (Å²) in [5.74, 6) is 2.11. The van der Waals surface area contributed by atoms with Gasteiger partial charge in [-0.15, -0.1) is 0 Å². The van der Waals surface area contributed by atoms with Crippen molar-refractivity contribution in [1.82, 2.24) is 0 Å². The quantitative estimate of drug-likeness (QED) is 0.716. The van der Waals surface area contributed by atoms with Gasteiger partial charge in [0.25, 0.3) is 0 Å². The molecule has 4 rings (SSSR count). The Balaban J connectivity index is 1.77. The first-order valence-corrected chi connectivity index (χ1v) is 10.0. The lowest BCUT2D eigenvalue weighted by Gasteiger charge is -2.61. The van der Waals surface area contributed by atoms with Crippen molar-refractivity contribution in [1.29, 1.82) is 5.26 Å². The maximum absolute atomic E-state index is 12.8.